The first-order valence-corrected chi connectivity index (χ1v) is 8.88. The van der Waals surface area contributed by atoms with E-state index < -0.39 is 5.54 Å². The highest BCUT2D eigenvalue weighted by Crippen LogP contribution is 2.33. The number of piperazine rings is 1. The zero-order valence-corrected chi connectivity index (χ0v) is 14.7. The fourth-order valence-corrected chi connectivity index (χ4v) is 4.17. The van der Waals surface area contributed by atoms with Gasteiger partial charge in [-0.2, -0.15) is 0 Å². The van der Waals surface area contributed by atoms with E-state index >= 15 is 0 Å². The van der Waals surface area contributed by atoms with E-state index in [4.69, 9.17) is 9.47 Å². The highest BCUT2D eigenvalue weighted by molar-refractivity contribution is 5.97. The predicted molar refractivity (Wildman–Crippen MR) is 89.8 cm³/mol. The second-order valence-corrected chi connectivity index (χ2v) is 7.02. The molecule has 7 nitrogen and oxygen atoms in total. The summed E-state index contributed by atoms with van der Waals surface area (Å²) in [5.74, 6) is 0.322. The number of aromatic nitrogens is 1. The van der Waals surface area contributed by atoms with E-state index in [0.29, 0.717) is 37.7 Å². The Balaban J connectivity index is 1.63. The molecule has 1 aromatic rings. The Morgan fingerprint density at radius 1 is 1.40 bits per heavy atom. The van der Waals surface area contributed by atoms with Crippen LogP contribution in [0.15, 0.2) is 6.07 Å². The summed E-state index contributed by atoms with van der Waals surface area (Å²) in [4.78, 5) is 33.2. The SMILES string of the molecule is CCC12COC(=O)N1CCN(C(=O)c1cc3c(nc1OC)CCC3)C2. The number of pyridine rings is 1. The molecule has 1 unspecified atom stereocenters. The van der Waals surface area contributed by atoms with Gasteiger partial charge in [-0.05, 0) is 37.3 Å². The first-order chi connectivity index (χ1) is 12.1. The first kappa shape index (κ1) is 16.2. The van der Waals surface area contributed by atoms with Gasteiger partial charge in [-0.25, -0.2) is 9.78 Å². The summed E-state index contributed by atoms with van der Waals surface area (Å²) in [6, 6.07) is 1.94. The van der Waals surface area contributed by atoms with Crippen LogP contribution in [0.4, 0.5) is 4.79 Å². The minimum atomic E-state index is -0.414. The highest BCUT2D eigenvalue weighted by Gasteiger charge is 2.50. The number of ether oxygens (including phenoxy) is 2. The molecule has 2 amide bonds. The van der Waals surface area contributed by atoms with Crippen LogP contribution < -0.4 is 4.74 Å². The molecule has 7 heteroatoms. The van der Waals surface area contributed by atoms with E-state index in [1.807, 2.05) is 17.9 Å². The van der Waals surface area contributed by atoms with Crippen LogP contribution in [0, 0.1) is 0 Å². The number of hydrogen-bond acceptors (Lipinski definition) is 5. The van der Waals surface area contributed by atoms with Crippen molar-refractivity contribution in [3.05, 3.63) is 22.9 Å². The average molecular weight is 345 g/mol. The zero-order chi connectivity index (χ0) is 17.6. The molecule has 0 aromatic carbocycles. The maximum absolute atomic E-state index is 13.2. The minimum absolute atomic E-state index is 0.0779. The molecule has 1 aliphatic carbocycles. The summed E-state index contributed by atoms with van der Waals surface area (Å²) in [5, 5.41) is 0. The molecule has 0 N–H and O–H groups in total. The van der Waals surface area contributed by atoms with Gasteiger partial charge >= 0.3 is 6.09 Å². The first-order valence-electron chi connectivity index (χ1n) is 8.88. The van der Waals surface area contributed by atoms with Crippen molar-refractivity contribution in [1.82, 2.24) is 14.8 Å². The third kappa shape index (κ3) is 2.44. The fourth-order valence-electron chi connectivity index (χ4n) is 4.17. The van der Waals surface area contributed by atoms with Crippen LogP contribution >= 0.6 is 0 Å². The molecule has 1 aromatic heterocycles. The lowest BCUT2D eigenvalue weighted by Crippen LogP contribution is -2.62. The molecule has 2 aliphatic heterocycles. The third-order valence-corrected chi connectivity index (χ3v) is 5.72. The molecular weight excluding hydrogens is 322 g/mol. The average Bonchev–Trinajstić information content (AvgIpc) is 3.24. The largest absolute Gasteiger partial charge is 0.480 e. The van der Waals surface area contributed by atoms with Crippen molar-refractivity contribution in [2.45, 2.75) is 38.1 Å². The van der Waals surface area contributed by atoms with Gasteiger partial charge in [0.15, 0.2) is 0 Å². The third-order valence-electron chi connectivity index (χ3n) is 5.72. The Hall–Kier alpha value is -2.31. The zero-order valence-electron chi connectivity index (χ0n) is 14.7. The molecule has 0 bridgehead atoms. The molecule has 2 fully saturated rings. The minimum Gasteiger partial charge on any atom is -0.480 e. The molecule has 1 atom stereocenters. The smallest absolute Gasteiger partial charge is 0.410 e. The molecule has 0 radical (unpaired) electrons. The summed E-state index contributed by atoms with van der Waals surface area (Å²) < 4.78 is 10.6. The Bertz CT molecular complexity index is 735. The van der Waals surface area contributed by atoms with Crippen LogP contribution in [0.3, 0.4) is 0 Å². The summed E-state index contributed by atoms with van der Waals surface area (Å²) >= 11 is 0. The number of carbonyl (C=O) groups is 2. The number of carbonyl (C=O) groups excluding carboxylic acids is 2. The van der Waals surface area contributed by atoms with E-state index in [0.717, 1.165) is 36.9 Å². The molecular formula is C18H23N3O4. The van der Waals surface area contributed by atoms with Gasteiger partial charge in [-0.1, -0.05) is 6.92 Å². The standard InChI is InChI=1S/C18H23N3O4/c1-3-18-10-20(7-8-21(18)17(23)25-11-18)16(22)13-9-12-5-4-6-14(12)19-15(13)24-2/h9H,3-8,10-11H2,1-2H3. The van der Waals surface area contributed by atoms with E-state index in [9.17, 15) is 9.59 Å². The molecule has 0 spiro atoms. The molecule has 3 aliphatic rings. The monoisotopic (exact) mass is 345 g/mol. The van der Waals surface area contributed by atoms with E-state index in [1.165, 1.54) is 0 Å². The quantitative estimate of drug-likeness (QED) is 0.833. The molecule has 2 saturated heterocycles. The maximum atomic E-state index is 13.2. The van der Waals surface area contributed by atoms with E-state index in [2.05, 4.69) is 4.98 Å². The highest BCUT2D eigenvalue weighted by atomic mass is 16.6. The molecule has 4 rings (SSSR count). The normalized spacial score (nSPS) is 24.8. The molecule has 134 valence electrons. The second kappa shape index (κ2) is 5.89. The number of rotatable bonds is 3. The summed E-state index contributed by atoms with van der Waals surface area (Å²) in [7, 11) is 1.55. The summed E-state index contributed by atoms with van der Waals surface area (Å²) in [6.45, 7) is 3.84. The number of aryl methyl sites for hydroxylation is 2. The van der Waals surface area contributed by atoms with Gasteiger partial charge in [0.1, 0.15) is 12.2 Å². The van der Waals surface area contributed by atoms with Gasteiger partial charge in [-0.15, -0.1) is 0 Å². The van der Waals surface area contributed by atoms with Crippen LogP contribution in [0.1, 0.15) is 41.4 Å². The number of amides is 2. The van der Waals surface area contributed by atoms with Gasteiger partial charge in [0.05, 0.1) is 12.6 Å². The Labute approximate surface area is 146 Å². The van der Waals surface area contributed by atoms with Crippen molar-refractivity contribution in [1.29, 1.82) is 0 Å². The van der Waals surface area contributed by atoms with Crippen molar-refractivity contribution in [2.24, 2.45) is 0 Å². The number of nitrogens with zero attached hydrogens (tertiary/aromatic N) is 3. The van der Waals surface area contributed by atoms with E-state index in [1.54, 1.807) is 12.0 Å². The fraction of sp³-hybridized carbons (Fsp3) is 0.611. The van der Waals surface area contributed by atoms with Gasteiger partial charge in [0.25, 0.3) is 5.91 Å². The number of methoxy groups -OCH3 is 1. The Morgan fingerprint density at radius 3 is 3.00 bits per heavy atom. The lowest BCUT2D eigenvalue weighted by Gasteiger charge is -2.44. The Kier molecular flexibility index (Phi) is 3.81. The van der Waals surface area contributed by atoms with Crippen LogP contribution in [0.25, 0.3) is 0 Å². The van der Waals surface area contributed by atoms with Crippen molar-refractivity contribution in [3.8, 4) is 5.88 Å². The van der Waals surface area contributed by atoms with Crippen LogP contribution in [-0.2, 0) is 17.6 Å². The van der Waals surface area contributed by atoms with Crippen molar-refractivity contribution in [2.75, 3.05) is 33.4 Å². The lowest BCUT2D eigenvalue weighted by molar-refractivity contribution is 0.0359. The van der Waals surface area contributed by atoms with Crippen LogP contribution in [0.2, 0.25) is 0 Å². The van der Waals surface area contributed by atoms with Gasteiger partial charge in [0, 0.05) is 25.3 Å². The van der Waals surface area contributed by atoms with Crippen molar-refractivity contribution in [3.63, 3.8) is 0 Å². The van der Waals surface area contributed by atoms with Gasteiger partial charge in [-0.3, -0.25) is 9.69 Å². The van der Waals surface area contributed by atoms with Crippen molar-refractivity contribution < 1.29 is 19.1 Å². The van der Waals surface area contributed by atoms with Gasteiger partial charge in [0.2, 0.25) is 5.88 Å². The Morgan fingerprint density at radius 2 is 2.24 bits per heavy atom. The lowest BCUT2D eigenvalue weighted by atomic mass is 9.92. The van der Waals surface area contributed by atoms with Crippen LogP contribution in [0.5, 0.6) is 5.88 Å². The molecule has 0 saturated carbocycles. The summed E-state index contributed by atoms with van der Waals surface area (Å²) in [6.07, 6.45) is 3.45. The maximum Gasteiger partial charge on any atom is 0.410 e. The molecule has 25 heavy (non-hydrogen) atoms. The summed E-state index contributed by atoms with van der Waals surface area (Å²) in [5.41, 5.74) is 2.29. The molecule has 3 heterocycles. The number of hydrogen-bond donors (Lipinski definition) is 0. The van der Waals surface area contributed by atoms with Crippen molar-refractivity contribution >= 4 is 12.0 Å². The van der Waals surface area contributed by atoms with E-state index in [-0.39, 0.29) is 12.0 Å². The number of fused-ring (bicyclic) bond motifs is 2. The topological polar surface area (TPSA) is 72.0 Å². The van der Waals surface area contributed by atoms with Gasteiger partial charge < -0.3 is 14.4 Å². The predicted octanol–water partition coefficient (Wildman–Crippen LogP) is 1.64. The number of cyclic esters (lactones) is 1. The van der Waals surface area contributed by atoms with Crippen LogP contribution in [-0.4, -0.2) is 65.7 Å². The second-order valence-electron chi connectivity index (χ2n) is 7.02.